The van der Waals surface area contributed by atoms with E-state index in [1.54, 1.807) is 13.8 Å². The number of halogens is 1. The van der Waals surface area contributed by atoms with Gasteiger partial charge in [0, 0.05) is 12.5 Å². The van der Waals surface area contributed by atoms with Crippen LogP contribution in [0, 0.1) is 0 Å². The summed E-state index contributed by atoms with van der Waals surface area (Å²) in [6, 6.07) is 9.56. The van der Waals surface area contributed by atoms with E-state index in [9.17, 15) is 4.39 Å². The first-order valence-corrected chi connectivity index (χ1v) is 4.49. The Labute approximate surface area is 78.8 Å². The molecule has 1 atom stereocenters. The smallest absolute Gasteiger partial charge is 0.113 e. The van der Waals surface area contributed by atoms with Crippen molar-refractivity contribution in [2.24, 2.45) is 5.73 Å². The molecule has 1 rings (SSSR count). The monoisotopic (exact) mass is 181 g/mol. The highest BCUT2D eigenvalue weighted by atomic mass is 19.1. The van der Waals surface area contributed by atoms with Gasteiger partial charge in [0.15, 0.2) is 0 Å². The van der Waals surface area contributed by atoms with Gasteiger partial charge in [-0.15, -0.1) is 0 Å². The van der Waals surface area contributed by atoms with E-state index in [0.717, 1.165) is 5.56 Å². The maximum atomic E-state index is 13.7. The molecule has 1 unspecified atom stereocenters. The summed E-state index contributed by atoms with van der Waals surface area (Å²) in [4.78, 5) is 0. The quantitative estimate of drug-likeness (QED) is 0.761. The van der Waals surface area contributed by atoms with Gasteiger partial charge < -0.3 is 5.73 Å². The molecule has 2 heteroatoms. The summed E-state index contributed by atoms with van der Waals surface area (Å²) in [7, 11) is 0. The van der Waals surface area contributed by atoms with Crippen molar-refractivity contribution in [2.45, 2.75) is 25.4 Å². The lowest BCUT2D eigenvalue weighted by atomic mass is 9.86. The van der Waals surface area contributed by atoms with Crippen LogP contribution in [0.1, 0.15) is 25.3 Å². The molecule has 72 valence electrons. The minimum Gasteiger partial charge on any atom is -0.330 e. The van der Waals surface area contributed by atoms with Crippen LogP contribution in [0.25, 0.3) is 0 Å². The maximum Gasteiger partial charge on any atom is 0.113 e. The summed E-state index contributed by atoms with van der Waals surface area (Å²) in [5.41, 5.74) is 5.27. The molecule has 0 amide bonds. The minimum absolute atomic E-state index is 0.214. The van der Waals surface area contributed by atoms with Crippen LogP contribution < -0.4 is 5.73 Å². The largest absolute Gasteiger partial charge is 0.330 e. The fraction of sp³-hybridized carbons (Fsp3) is 0.455. The molecule has 0 aliphatic rings. The highest BCUT2D eigenvalue weighted by Crippen LogP contribution is 2.29. The Morgan fingerprint density at radius 3 is 2.23 bits per heavy atom. The molecule has 0 heterocycles. The molecule has 0 aromatic heterocycles. The summed E-state index contributed by atoms with van der Waals surface area (Å²) < 4.78 is 13.7. The van der Waals surface area contributed by atoms with Crippen LogP contribution in [-0.4, -0.2) is 12.2 Å². The lowest BCUT2D eigenvalue weighted by molar-refractivity contribution is 0.174. The lowest BCUT2D eigenvalue weighted by Gasteiger charge is -2.25. The predicted molar refractivity (Wildman–Crippen MR) is 53.4 cm³/mol. The molecule has 1 nitrogen and oxygen atoms in total. The van der Waals surface area contributed by atoms with Crippen LogP contribution in [-0.2, 0) is 0 Å². The number of hydrogen-bond donors (Lipinski definition) is 1. The second kappa shape index (κ2) is 3.88. The van der Waals surface area contributed by atoms with Crippen molar-refractivity contribution < 1.29 is 4.39 Å². The van der Waals surface area contributed by atoms with Crippen LogP contribution >= 0.6 is 0 Å². The molecule has 0 fully saturated rings. The summed E-state index contributed by atoms with van der Waals surface area (Å²) in [6.45, 7) is 3.47. The highest BCUT2D eigenvalue weighted by Gasteiger charge is 2.28. The third-order valence-corrected chi connectivity index (χ3v) is 2.27. The zero-order chi connectivity index (χ0) is 9.90. The fourth-order valence-corrected chi connectivity index (χ4v) is 1.50. The summed E-state index contributed by atoms with van der Waals surface area (Å²) in [5.74, 6) is -0.214. The molecule has 0 saturated heterocycles. The lowest BCUT2D eigenvalue weighted by Crippen LogP contribution is -2.30. The van der Waals surface area contributed by atoms with Crippen molar-refractivity contribution >= 4 is 0 Å². The first-order valence-electron chi connectivity index (χ1n) is 4.49. The number of hydrogen-bond acceptors (Lipinski definition) is 1. The SMILES string of the molecule is CC(C)(F)C(CN)c1ccccc1. The van der Waals surface area contributed by atoms with E-state index < -0.39 is 5.67 Å². The topological polar surface area (TPSA) is 26.0 Å². The summed E-state index contributed by atoms with van der Waals surface area (Å²) >= 11 is 0. The number of rotatable bonds is 3. The first-order chi connectivity index (χ1) is 6.05. The number of alkyl halides is 1. The summed E-state index contributed by atoms with van der Waals surface area (Å²) in [6.07, 6.45) is 0. The minimum atomic E-state index is -1.25. The summed E-state index contributed by atoms with van der Waals surface area (Å²) in [5, 5.41) is 0. The van der Waals surface area contributed by atoms with Crippen molar-refractivity contribution in [1.29, 1.82) is 0 Å². The molecule has 13 heavy (non-hydrogen) atoms. The van der Waals surface area contributed by atoms with Crippen LogP contribution in [0.4, 0.5) is 4.39 Å². The maximum absolute atomic E-state index is 13.7. The van der Waals surface area contributed by atoms with E-state index in [1.165, 1.54) is 0 Å². The molecule has 0 spiro atoms. The van der Waals surface area contributed by atoms with E-state index >= 15 is 0 Å². The van der Waals surface area contributed by atoms with Gasteiger partial charge in [0.25, 0.3) is 0 Å². The normalized spacial score (nSPS) is 14.2. The van der Waals surface area contributed by atoms with Crippen LogP contribution in [0.3, 0.4) is 0 Å². The van der Waals surface area contributed by atoms with Gasteiger partial charge in [0.05, 0.1) is 0 Å². The Morgan fingerprint density at radius 1 is 1.31 bits per heavy atom. The van der Waals surface area contributed by atoms with Gasteiger partial charge in [-0.25, -0.2) is 4.39 Å². The van der Waals surface area contributed by atoms with E-state index in [0.29, 0.717) is 6.54 Å². The van der Waals surface area contributed by atoms with E-state index in [2.05, 4.69) is 0 Å². The fourth-order valence-electron chi connectivity index (χ4n) is 1.50. The van der Waals surface area contributed by atoms with Gasteiger partial charge in [-0.3, -0.25) is 0 Å². The Morgan fingerprint density at radius 2 is 1.85 bits per heavy atom. The Bertz CT molecular complexity index is 251. The average Bonchev–Trinajstić information content (AvgIpc) is 2.05. The zero-order valence-electron chi connectivity index (χ0n) is 8.13. The van der Waals surface area contributed by atoms with Crippen molar-refractivity contribution in [3.63, 3.8) is 0 Å². The molecular formula is C11H16FN. The molecule has 0 aliphatic heterocycles. The Balaban J connectivity index is 2.92. The van der Waals surface area contributed by atoms with Crippen molar-refractivity contribution in [3.05, 3.63) is 35.9 Å². The highest BCUT2D eigenvalue weighted by molar-refractivity contribution is 5.22. The molecular weight excluding hydrogens is 165 g/mol. The van der Waals surface area contributed by atoms with Gasteiger partial charge >= 0.3 is 0 Å². The van der Waals surface area contributed by atoms with Gasteiger partial charge in [-0.05, 0) is 19.4 Å². The van der Waals surface area contributed by atoms with Crippen molar-refractivity contribution in [2.75, 3.05) is 6.54 Å². The van der Waals surface area contributed by atoms with Crippen molar-refractivity contribution in [3.8, 4) is 0 Å². The van der Waals surface area contributed by atoms with E-state index in [4.69, 9.17) is 5.73 Å². The molecule has 0 saturated carbocycles. The Kier molecular flexibility index (Phi) is 3.04. The molecule has 0 bridgehead atoms. The zero-order valence-corrected chi connectivity index (χ0v) is 8.13. The van der Waals surface area contributed by atoms with Gasteiger partial charge in [0.2, 0.25) is 0 Å². The molecule has 0 aliphatic carbocycles. The van der Waals surface area contributed by atoms with Crippen molar-refractivity contribution in [1.82, 2.24) is 0 Å². The Hall–Kier alpha value is -0.890. The predicted octanol–water partition coefficient (Wildman–Crippen LogP) is 2.48. The van der Waals surface area contributed by atoms with E-state index in [-0.39, 0.29) is 5.92 Å². The molecule has 0 radical (unpaired) electrons. The van der Waals surface area contributed by atoms with Crippen LogP contribution in [0.15, 0.2) is 30.3 Å². The van der Waals surface area contributed by atoms with Crippen LogP contribution in [0.5, 0.6) is 0 Å². The third-order valence-electron chi connectivity index (χ3n) is 2.27. The van der Waals surface area contributed by atoms with Gasteiger partial charge in [0.1, 0.15) is 5.67 Å². The molecule has 1 aromatic rings. The van der Waals surface area contributed by atoms with Crippen LogP contribution in [0.2, 0.25) is 0 Å². The van der Waals surface area contributed by atoms with E-state index in [1.807, 2.05) is 30.3 Å². The second-order valence-corrected chi connectivity index (χ2v) is 3.76. The van der Waals surface area contributed by atoms with Gasteiger partial charge in [-0.1, -0.05) is 30.3 Å². The molecule has 2 N–H and O–H groups in total. The third kappa shape index (κ3) is 2.52. The molecule has 1 aromatic carbocycles. The number of benzene rings is 1. The van der Waals surface area contributed by atoms with Gasteiger partial charge in [-0.2, -0.15) is 0 Å². The second-order valence-electron chi connectivity index (χ2n) is 3.76. The standard InChI is InChI=1S/C11H16FN/c1-11(2,12)10(8-13)9-6-4-3-5-7-9/h3-7,10H,8,13H2,1-2H3. The average molecular weight is 181 g/mol. The first kappa shape index (κ1) is 10.2. The number of nitrogens with two attached hydrogens (primary N) is 1.